The molecule has 82 valence electrons. The van der Waals surface area contributed by atoms with Crippen LogP contribution in [0.1, 0.15) is 25.2 Å². The van der Waals surface area contributed by atoms with Crippen LogP contribution in [0.25, 0.3) is 0 Å². The Bertz CT molecular complexity index is 413. The Hall–Kier alpha value is -1.07. The van der Waals surface area contributed by atoms with Crippen molar-refractivity contribution >= 4 is 17.6 Å². The Morgan fingerprint density at radius 1 is 1.67 bits per heavy atom. The number of imidazole rings is 1. The van der Waals surface area contributed by atoms with E-state index >= 15 is 0 Å². The molecule has 1 aliphatic heterocycles. The van der Waals surface area contributed by atoms with Gasteiger partial charge < -0.3 is 10.1 Å². The maximum atomic E-state index is 10.9. The van der Waals surface area contributed by atoms with Crippen LogP contribution in [0.2, 0.25) is 5.28 Å². The fraction of sp³-hybridized carbons (Fsp3) is 0.556. The number of nitrogens with zero attached hydrogens (tertiary/aromatic N) is 1. The van der Waals surface area contributed by atoms with Gasteiger partial charge in [-0.2, -0.15) is 0 Å². The van der Waals surface area contributed by atoms with Gasteiger partial charge in [-0.25, -0.2) is 4.98 Å². The highest BCUT2D eigenvalue weighted by molar-refractivity contribution is 6.28. The van der Waals surface area contributed by atoms with Crippen LogP contribution in [0.15, 0.2) is 0 Å². The van der Waals surface area contributed by atoms with E-state index < -0.39 is 17.6 Å². The van der Waals surface area contributed by atoms with E-state index in [2.05, 4.69) is 15.3 Å². The summed E-state index contributed by atoms with van der Waals surface area (Å²) in [5, 5.41) is 12.3. The van der Waals surface area contributed by atoms with Gasteiger partial charge in [-0.3, -0.25) is 10.1 Å². The van der Waals surface area contributed by atoms with E-state index in [1.807, 2.05) is 13.8 Å². The predicted octanol–water partition coefficient (Wildman–Crippen LogP) is 0.897. The van der Waals surface area contributed by atoms with Gasteiger partial charge in [0.2, 0.25) is 5.28 Å². The second-order valence-electron chi connectivity index (χ2n) is 4.22. The summed E-state index contributed by atoms with van der Waals surface area (Å²) in [6.45, 7) is 3.77. The highest BCUT2D eigenvalue weighted by atomic mass is 35.5. The van der Waals surface area contributed by atoms with Crippen LogP contribution in [0.4, 0.5) is 0 Å². The Balaban J connectivity index is 2.43. The molecular formula is C9H12ClN3O2. The zero-order valence-corrected chi connectivity index (χ0v) is 9.22. The number of hydrogen-bond donors (Lipinski definition) is 3. The van der Waals surface area contributed by atoms with E-state index in [0.29, 0.717) is 11.7 Å². The minimum absolute atomic E-state index is 0.306. The second-order valence-corrected chi connectivity index (χ2v) is 4.58. The molecule has 0 aliphatic carbocycles. The van der Waals surface area contributed by atoms with Crippen LogP contribution in [-0.4, -0.2) is 27.1 Å². The Morgan fingerprint density at radius 2 is 2.33 bits per heavy atom. The number of aliphatic carboxylic acids is 1. The molecule has 0 spiro atoms. The highest BCUT2D eigenvalue weighted by Crippen LogP contribution is 2.29. The van der Waals surface area contributed by atoms with E-state index in [1.54, 1.807) is 0 Å². The molecule has 6 heteroatoms. The third-order valence-electron chi connectivity index (χ3n) is 2.58. The van der Waals surface area contributed by atoms with Crippen molar-refractivity contribution in [1.82, 2.24) is 15.3 Å². The summed E-state index contributed by atoms with van der Waals surface area (Å²) in [5.41, 5.74) is 1.13. The van der Waals surface area contributed by atoms with Gasteiger partial charge in [-0.1, -0.05) is 0 Å². The van der Waals surface area contributed by atoms with Crippen molar-refractivity contribution in [2.75, 3.05) is 0 Å². The summed E-state index contributed by atoms with van der Waals surface area (Å²) in [5.74, 6) is -0.862. The first-order valence-corrected chi connectivity index (χ1v) is 5.03. The number of aromatic nitrogens is 2. The molecule has 0 saturated heterocycles. The summed E-state index contributed by atoms with van der Waals surface area (Å²) in [6.07, 6.45) is 0.383. The number of hydrogen-bond acceptors (Lipinski definition) is 3. The summed E-state index contributed by atoms with van der Waals surface area (Å²) in [4.78, 5) is 18.0. The van der Waals surface area contributed by atoms with Crippen LogP contribution < -0.4 is 5.32 Å². The molecule has 2 rings (SSSR count). The lowest BCUT2D eigenvalue weighted by atomic mass is 9.90. The smallest absolute Gasteiger partial charge is 0.321 e. The quantitative estimate of drug-likeness (QED) is 0.669. The number of carboxylic acid groups (broad SMARTS) is 1. The molecule has 5 nitrogen and oxygen atoms in total. The predicted molar refractivity (Wildman–Crippen MR) is 54.9 cm³/mol. The molecule has 1 aromatic heterocycles. The van der Waals surface area contributed by atoms with Crippen LogP contribution in [0, 0.1) is 0 Å². The van der Waals surface area contributed by atoms with Crippen molar-refractivity contribution < 1.29 is 9.90 Å². The molecule has 1 aromatic rings. The maximum absolute atomic E-state index is 10.9. The number of rotatable bonds is 1. The number of carbonyl (C=O) groups is 1. The first-order valence-electron chi connectivity index (χ1n) is 4.65. The number of nitrogens with one attached hydrogen (secondary N) is 2. The van der Waals surface area contributed by atoms with Crippen molar-refractivity contribution in [1.29, 1.82) is 0 Å². The fourth-order valence-corrected chi connectivity index (χ4v) is 2.15. The van der Waals surface area contributed by atoms with Crippen LogP contribution in [0.5, 0.6) is 0 Å². The lowest BCUT2D eigenvalue weighted by molar-refractivity contribution is -0.140. The number of fused-ring (bicyclic) bond motifs is 1. The average molecular weight is 230 g/mol. The van der Waals surface area contributed by atoms with Crippen molar-refractivity contribution in [3.05, 3.63) is 16.7 Å². The average Bonchev–Trinajstić information content (AvgIpc) is 2.45. The third kappa shape index (κ3) is 1.72. The summed E-state index contributed by atoms with van der Waals surface area (Å²) >= 11 is 5.76. The van der Waals surface area contributed by atoms with E-state index in [9.17, 15) is 4.79 Å². The number of H-pyrrole nitrogens is 1. The molecule has 1 aliphatic rings. The third-order valence-corrected chi connectivity index (χ3v) is 2.76. The van der Waals surface area contributed by atoms with Gasteiger partial charge >= 0.3 is 5.97 Å². The SMILES string of the molecule is CC1(C)NC(C(=O)O)Cc2[nH]c(Cl)nc21. The van der Waals surface area contributed by atoms with Gasteiger partial charge in [0.15, 0.2) is 0 Å². The number of carboxylic acids is 1. The first-order chi connectivity index (χ1) is 6.90. The van der Waals surface area contributed by atoms with Crippen LogP contribution in [-0.2, 0) is 16.8 Å². The Morgan fingerprint density at radius 3 is 2.93 bits per heavy atom. The van der Waals surface area contributed by atoms with Gasteiger partial charge in [-0.15, -0.1) is 0 Å². The summed E-state index contributed by atoms with van der Waals surface area (Å²) in [6, 6.07) is -0.594. The monoisotopic (exact) mass is 229 g/mol. The van der Waals surface area contributed by atoms with Gasteiger partial charge in [0.1, 0.15) is 6.04 Å². The van der Waals surface area contributed by atoms with Crippen molar-refractivity contribution in [3.8, 4) is 0 Å². The molecule has 2 heterocycles. The molecule has 3 N–H and O–H groups in total. The fourth-order valence-electron chi connectivity index (χ4n) is 1.95. The zero-order chi connectivity index (χ0) is 11.2. The van der Waals surface area contributed by atoms with Crippen LogP contribution >= 0.6 is 11.6 Å². The Labute approximate surface area is 91.9 Å². The minimum Gasteiger partial charge on any atom is -0.480 e. The van der Waals surface area contributed by atoms with Gasteiger partial charge in [0.05, 0.1) is 11.2 Å². The molecule has 1 atom stereocenters. The number of halogens is 1. The molecule has 0 saturated carbocycles. The maximum Gasteiger partial charge on any atom is 0.321 e. The minimum atomic E-state index is -0.862. The molecular weight excluding hydrogens is 218 g/mol. The van der Waals surface area contributed by atoms with Crippen LogP contribution in [0.3, 0.4) is 0 Å². The highest BCUT2D eigenvalue weighted by Gasteiger charge is 2.37. The molecule has 0 radical (unpaired) electrons. The van der Waals surface area contributed by atoms with E-state index in [4.69, 9.17) is 16.7 Å². The van der Waals surface area contributed by atoms with Crippen molar-refractivity contribution in [2.45, 2.75) is 31.8 Å². The molecule has 0 fully saturated rings. The zero-order valence-electron chi connectivity index (χ0n) is 8.47. The topological polar surface area (TPSA) is 78.0 Å². The molecule has 0 amide bonds. The summed E-state index contributed by atoms with van der Waals surface area (Å²) < 4.78 is 0. The van der Waals surface area contributed by atoms with E-state index in [1.165, 1.54) is 0 Å². The largest absolute Gasteiger partial charge is 0.480 e. The molecule has 1 unspecified atom stereocenters. The van der Waals surface area contributed by atoms with Gasteiger partial charge in [0.25, 0.3) is 0 Å². The van der Waals surface area contributed by atoms with Gasteiger partial charge in [-0.05, 0) is 25.4 Å². The lowest BCUT2D eigenvalue weighted by Crippen LogP contribution is -2.52. The standard InChI is InChI=1S/C9H12ClN3O2/c1-9(2)6-4(11-8(10)12-6)3-5(13-9)7(14)15/h5,13H,3H2,1-2H3,(H,11,12)(H,14,15). The van der Waals surface area contributed by atoms with E-state index in [0.717, 1.165) is 11.4 Å². The molecule has 0 aromatic carbocycles. The normalized spacial score (nSPS) is 23.5. The second kappa shape index (κ2) is 3.21. The van der Waals surface area contributed by atoms with Crippen molar-refractivity contribution in [3.63, 3.8) is 0 Å². The number of aromatic amines is 1. The first kappa shape index (κ1) is 10.4. The van der Waals surface area contributed by atoms with Gasteiger partial charge in [0, 0.05) is 12.1 Å². The Kier molecular flexibility index (Phi) is 2.24. The lowest BCUT2D eigenvalue weighted by Gasteiger charge is -2.33. The summed E-state index contributed by atoms with van der Waals surface area (Å²) in [7, 11) is 0. The molecule has 0 bridgehead atoms. The van der Waals surface area contributed by atoms with E-state index in [-0.39, 0.29) is 0 Å². The van der Waals surface area contributed by atoms with Crippen molar-refractivity contribution in [2.24, 2.45) is 0 Å². The molecule has 15 heavy (non-hydrogen) atoms.